The van der Waals surface area contributed by atoms with Gasteiger partial charge in [0, 0.05) is 24.3 Å². The number of carbonyl (C=O) groups excluding carboxylic acids is 2. The Morgan fingerprint density at radius 2 is 1.48 bits per heavy atom. The van der Waals surface area contributed by atoms with Crippen molar-refractivity contribution in [2.24, 2.45) is 0 Å². The highest BCUT2D eigenvalue weighted by Crippen LogP contribution is 2.23. The van der Waals surface area contributed by atoms with Crippen LogP contribution in [0.2, 0.25) is 0 Å². The number of hydrogen-bond donors (Lipinski definition) is 2. The lowest BCUT2D eigenvalue weighted by molar-refractivity contribution is -0.119. The number of phenolic OH excluding ortho intramolecular Hbond substituents is 2. The summed E-state index contributed by atoms with van der Waals surface area (Å²) in [6.45, 7) is -0.0689. The molecular weight excluding hydrogens is 352 g/mol. The Morgan fingerprint density at radius 1 is 0.889 bits per heavy atom. The van der Waals surface area contributed by atoms with Crippen molar-refractivity contribution in [1.29, 1.82) is 0 Å². The Labute approximate surface area is 157 Å². The van der Waals surface area contributed by atoms with Crippen LogP contribution in [0.3, 0.4) is 0 Å². The van der Waals surface area contributed by atoms with Gasteiger partial charge in [-0.2, -0.15) is 0 Å². The van der Waals surface area contributed by atoms with Gasteiger partial charge in [0.15, 0.2) is 0 Å². The van der Waals surface area contributed by atoms with Gasteiger partial charge in [0.2, 0.25) is 11.6 Å². The van der Waals surface area contributed by atoms with E-state index in [1.807, 2.05) is 12.1 Å². The molecule has 0 radical (unpaired) electrons. The quantitative estimate of drug-likeness (QED) is 0.374. The monoisotopic (exact) mass is 374 g/mol. The van der Waals surface area contributed by atoms with E-state index in [1.165, 1.54) is 0 Å². The zero-order valence-corrected chi connectivity index (χ0v) is 15.2. The van der Waals surface area contributed by atoms with Gasteiger partial charge in [-0.05, 0) is 42.7 Å². The average Bonchev–Trinajstić information content (AvgIpc) is 2.65. The number of carbonyl (C=O) groups is 2. The van der Waals surface area contributed by atoms with Gasteiger partial charge in [-0.1, -0.05) is 0 Å². The van der Waals surface area contributed by atoms with Gasteiger partial charge in [-0.15, -0.1) is 0 Å². The Bertz CT molecular complexity index is 771. The van der Waals surface area contributed by atoms with Crippen LogP contribution in [0.25, 0.3) is 0 Å². The predicted molar refractivity (Wildman–Crippen MR) is 97.8 cm³/mol. The third-order valence-corrected chi connectivity index (χ3v) is 3.82. The van der Waals surface area contributed by atoms with Crippen LogP contribution >= 0.6 is 0 Å². The van der Waals surface area contributed by atoms with Crippen LogP contribution in [0.1, 0.15) is 22.3 Å². The van der Waals surface area contributed by atoms with E-state index < -0.39 is 11.6 Å². The summed E-state index contributed by atoms with van der Waals surface area (Å²) in [5.41, 5.74) is 0.928. The lowest BCUT2D eigenvalue weighted by atomic mass is 10.1. The molecule has 0 saturated heterocycles. The number of aromatic hydroxyl groups is 2. The largest absolute Gasteiger partial charge is 0.508 e. The second-order valence-corrected chi connectivity index (χ2v) is 5.87. The molecule has 0 spiro atoms. The molecular formula is C20H22O7. The summed E-state index contributed by atoms with van der Waals surface area (Å²) >= 11 is 0. The third-order valence-electron chi connectivity index (χ3n) is 3.82. The number of hydrogen-bond acceptors (Lipinski definition) is 7. The highest BCUT2D eigenvalue weighted by atomic mass is 16.5. The van der Waals surface area contributed by atoms with Crippen LogP contribution in [0.4, 0.5) is 0 Å². The summed E-state index contributed by atoms with van der Waals surface area (Å²) in [4.78, 5) is 23.9. The molecule has 0 aliphatic rings. The highest BCUT2D eigenvalue weighted by molar-refractivity contribution is 6.44. The second kappa shape index (κ2) is 9.59. The first kappa shape index (κ1) is 20.3. The average molecular weight is 374 g/mol. The Morgan fingerprint density at radius 3 is 2.04 bits per heavy atom. The SMILES string of the molecule is COc1cc(CCCOCC(=O)C(=O)c2cc(O)cc(O)c2)cc(OC)c1. The van der Waals surface area contributed by atoms with Crippen molar-refractivity contribution in [1.82, 2.24) is 0 Å². The van der Waals surface area contributed by atoms with Gasteiger partial charge in [0.25, 0.3) is 0 Å². The molecule has 2 N–H and O–H groups in total. The van der Waals surface area contributed by atoms with Crippen molar-refractivity contribution in [2.75, 3.05) is 27.4 Å². The lowest BCUT2D eigenvalue weighted by Crippen LogP contribution is -2.20. The summed E-state index contributed by atoms with van der Waals surface area (Å²) in [6.07, 6.45) is 1.33. The molecule has 7 nitrogen and oxygen atoms in total. The Hall–Kier alpha value is -3.06. The molecule has 0 fully saturated rings. The number of Topliss-reactive ketones (excluding diaryl/α,β-unsaturated/α-hetero) is 2. The topological polar surface area (TPSA) is 102 Å². The molecule has 0 atom stereocenters. The first-order valence-corrected chi connectivity index (χ1v) is 8.33. The molecule has 0 bridgehead atoms. The molecule has 7 heteroatoms. The molecule has 0 heterocycles. The van der Waals surface area contributed by atoms with Gasteiger partial charge in [-0.3, -0.25) is 9.59 Å². The fourth-order valence-electron chi connectivity index (χ4n) is 2.51. The Balaban J connectivity index is 1.79. The van der Waals surface area contributed by atoms with E-state index in [0.29, 0.717) is 30.9 Å². The number of ether oxygens (including phenoxy) is 3. The number of rotatable bonds is 10. The summed E-state index contributed by atoms with van der Waals surface area (Å²) in [7, 11) is 3.16. The van der Waals surface area contributed by atoms with E-state index in [0.717, 1.165) is 23.8 Å². The van der Waals surface area contributed by atoms with Crippen LogP contribution in [0.15, 0.2) is 36.4 Å². The van der Waals surface area contributed by atoms with Gasteiger partial charge in [-0.25, -0.2) is 0 Å². The molecule has 0 aliphatic carbocycles. The fraction of sp³-hybridized carbons (Fsp3) is 0.300. The van der Waals surface area contributed by atoms with Gasteiger partial charge < -0.3 is 24.4 Å². The highest BCUT2D eigenvalue weighted by Gasteiger charge is 2.17. The number of methoxy groups -OCH3 is 2. The predicted octanol–water partition coefficient (Wildman–Crippen LogP) is 2.52. The molecule has 2 aromatic rings. The summed E-state index contributed by atoms with van der Waals surface area (Å²) in [6, 6.07) is 8.89. The molecule has 2 aromatic carbocycles. The molecule has 27 heavy (non-hydrogen) atoms. The summed E-state index contributed by atoms with van der Waals surface area (Å²) in [5, 5.41) is 18.8. The van der Waals surface area contributed by atoms with Crippen molar-refractivity contribution in [2.45, 2.75) is 12.8 Å². The summed E-state index contributed by atoms with van der Waals surface area (Å²) in [5.74, 6) is -0.760. The lowest BCUT2D eigenvalue weighted by Gasteiger charge is -2.08. The number of benzene rings is 2. The van der Waals surface area contributed by atoms with Crippen molar-refractivity contribution in [3.8, 4) is 23.0 Å². The maximum Gasteiger partial charge on any atom is 0.231 e. The Kier molecular flexibility index (Phi) is 7.19. The van der Waals surface area contributed by atoms with Gasteiger partial charge >= 0.3 is 0 Å². The zero-order chi connectivity index (χ0) is 19.8. The van der Waals surface area contributed by atoms with E-state index in [9.17, 15) is 19.8 Å². The molecule has 0 aromatic heterocycles. The van der Waals surface area contributed by atoms with Crippen LogP contribution in [-0.4, -0.2) is 49.2 Å². The van der Waals surface area contributed by atoms with Crippen molar-refractivity contribution in [3.05, 3.63) is 47.5 Å². The standard InChI is InChI=1S/C20H22O7/c1-25-17-6-13(7-18(11-17)26-2)4-3-5-27-12-19(23)20(24)14-8-15(21)10-16(22)9-14/h6-11,21-22H,3-5,12H2,1-2H3. The number of phenols is 2. The van der Waals surface area contributed by atoms with E-state index in [4.69, 9.17) is 14.2 Å². The number of aryl methyl sites for hydroxylation is 1. The second-order valence-electron chi connectivity index (χ2n) is 5.87. The molecule has 0 unspecified atom stereocenters. The number of ketones is 2. The minimum Gasteiger partial charge on any atom is -0.508 e. The molecule has 0 saturated carbocycles. The normalized spacial score (nSPS) is 10.4. The van der Waals surface area contributed by atoms with Gasteiger partial charge in [0.05, 0.1) is 14.2 Å². The first-order chi connectivity index (χ1) is 12.9. The van der Waals surface area contributed by atoms with Crippen LogP contribution in [0, 0.1) is 0 Å². The maximum atomic E-state index is 12.0. The minimum atomic E-state index is -0.821. The summed E-state index contributed by atoms with van der Waals surface area (Å²) < 4.78 is 15.7. The van der Waals surface area contributed by atoms with E-state index in [-0.39, 0.29) is 23.7 Å². The van der Waals surface area contributed by atoms with Crippen molar-refractivity contribution >= 4 is 11.6 Å². The van der Waals surface area contributed by atoms with E-state index in [2.05, 4.69) is 0 Å². The third kappa shape index (κ3) is 6.00. The maximum absolute atomic E-state index is 12.0. The van der Waals surface area contributed by atoms with Gasteiger partial charge in [0.1, 0.15) is 29.6 Å². The smallest absolute Gasteiger partial charge is 0.231 e. The minimum absolute atomic E-state index is 0.0791. The van der Waals surface area contributed by atoms with Crippen molar-refractivity contribution in [3.63, 3.8) is 0 Å². The first-order valence-electron chi connectivity index (χ1n) is 8.33. The molecule has 0 aliphatic heterocycles. The van der Waals surface area contributed by atoms with Crippen molar-refractivity contribution < 1.29 is 34.0 Å². The zero-order valence-electron chi connectivity index (χ0n) is 15.2. The van der Waals surface area contributed by atoms with E-state index >= 15 is 0 Å². The van der Waals surface area contributed by atoms with Crippen LogP contribution < -0.4 is 9.47 Å². The molecule has 144 valence electrons. The molecule has 2 rings (SSSR count). The van der Waals surface area contributed by atoms with Crippen LogP contribution in [-0.2, 0) is 16.0 Å². The van der Waals surface area contributed by atoms with Crippen LogP contribution in [0.5, 0.6) is 23.0 Å². The fourth-order valence-corrected chi connectivity index (χ4v) is 2.51. The molecule has 0 amide bonds. The van der Waals surface area contributed by atoms with E-state index in [1.54, 1.807) is 20.3 Å².